The lowest BCUT2D eigenvalue weighted by molar-refractivity contribution is 0.0735. The van der Waals surface area contributed by atoms with Crippen molar-refractivity contribution < 1.29 is 17.9 Å². The minimum atomic E-state index is -4.02. The summed E-state index contributed by atoms with van der Waals surface area (Å²) in [6, 6.07) is 23.3. The van der Waals surface area contributed by atoms with E-state index in [0.29, 0.717) is 41.1 Å². The number of carbonyl (C=O) groups excluding carboxylic acids is 1. The third-order valence-corrected chi connectivity index (χ3v) is 8.82. The standard InChI is InChI=1S/C28H21BrCl2N2O4S/c29-24-5-3-4-18-17-33(15-14-22(18)24)28(34)23-16-19(30)8-13-26(23)32-38(35,36)21-11-9-20(10-12-21)37-27-7-2-1-6-25(27)31/h1-13,16,32H,14-15,17H2. The first-order valence-electron chi connectivity index (χ1n) is 11.6. The van der Waals surface area contributed by atoms with Gasteiger partial charge in [0.2, 0.25) is 0 Å². The Morgan fingerprint density at radius 1 is 0.947 bits per heavy atom. The largest absolute Gasteiger partial charge is 0.456 e. The van der Waals surface area contributed by atoms with Crippen molar-refractivity contribution in [2.45, 2.75) is 17.9 Å². The molecule has 38 heavy (non-hydrogen) atoms. The molecule has 1 amide bonds. The van der Waals surface area contributed by atoms with Crippen LogP contribution in [0.4, 0.5) is 5.69 Å². The number of carbonyl (C=O) groups is 1. The number of ether oxygens (including phenoxy) is 1. The quantitative estimate of drug-likeness (QED) is 0.238. The number of amides is 1. The lowest BCUT2D eigenvalue weighted by Gasteiger charge is -2.30. The van der Waals surface area contributed by atoms with E-state index >= 15 is 0 Å². The molecule has 5 rings (SSSR count). The fourth-order valence-corrected chi connectivity index (χ4v) is 6.27. The average Bonchev–Trinajstić information content (AvgIpc) is 2.91. The fourth-order valence-electron chi connectivity index (χ4n) is 4.23. The van der Waals surface area contributed by atoms with E-state index < -0.39 is 10.0 Å². The molecular formula is C28H21BrCl2N2O4S. The zero-order valence-corrected chi connectivity index (χ0v) is 23.7. The maximum atomic E-state index is 13.5. The second-order valence-corrected chi connectivity index (χ2v) is 12.0. The van der Waals surface area contributed by atoms with E-state index in [9.17, 15) is 13.2 Å². The molecule has 1 heterocycles. The summed E-state index contributed by atoms with van der Waals surface area (Å²) in [5.41, 5.74) is 2.54. The summed E-state index contributed by atoms with van der Waals surface area (Å²) in [6.07, 6.45) is 0.687. The zero-order chi connectivity index (χ0) is 26.9. The molecular weight excluding hydrogens is 611 g/mol. The van der Waals surface area contributed by atoms with E-state index in [1.54, 1.807) is 35.2 Å². The molecule has 0 aliphatic carbocycles. The van der Waals surface area contributed by atoms with Gasteiger partial charge in [-0.2, -0.15) is 0 Å². The molecule has 0 atom stereocenters. The van der Waals surface area contributed by atoms with Gasteiger partial charge in [0.25, 0.3) is 15.9 Å². The minimum Gasteiger partial charge on any atom is -0.456 e. The number of hydrogen-bond donors (Lipinski definition) is 1. The van der Waals surface area contributed by atoms with Gasteiger partial charge in [0, 0.05) is 22.6 Å². The van der Waals surface area contributed by atoms with Crippen molar-refractivity contribution in [3.8, 4) is 11.5 Å². The smallest absolute Gasteiger partial charge is 0.261 e. The molecule has 0 saturated heterocycles. The SMILES string of the molecule is O=C(c1cc(Cl)ccc1NS(=O)(=O)c1ccc(Oc2ccccc2Cl)cc1)N1CCc2c(Br)cccc2C1. The molecule has 0 bridgehead atoms. The molecule has 0 spiro atoms. The molecule has 4 aromatic carbocycles. The number of benzene rings is 4. The predicted octanol–water partition coefficient (Wildman–Crippen LogP) is 7.55. The Morgan fingerprint density at radius 2 is 1.71 bits per heavy atom. The molecule has 194 valence electrons. The first kappa shape index (κ1) is 26.6. The van der Waals surface area contributed by atoms with Gasteiger partial charge in [-0.05, 0) is 78.2 Å². The van der Waals surface area contributed by atoms with Gasteiger partial charge in [-0.3, -0.25) is 9.52 Å². The highest BCUT2D eigenvalue weighted by molar-refractivity contribution is 9.10. The summed E-state index contributed by atoms with van der Waals surface area (Å²) in [6.45, 7) is 0.916. The molecule has 1 aliphatic heterocycles. The van der Waals surface area contributed by atoms with Crippen LogP contribution in [-0.2, 0) is 23.0 Å². The number of sulfonamides is 1. The van der Waals surface area contributed by atoms with Crippen LogP contribution >= 0.6 is 39.1 Å². The fraction of sp³-hybridized carbons (Fsp3) is 0.107. The van der Waals surface area contributed by atoms with Gasteiger partial charge in [0.1, 0.15) is 11.5 Å². The second kappa shape index (κ2) is 11.0. The Morgan fingerprint density at radius 3 is 2.47 bits per heavy atom. The number of rotatable bonds is 6. The Balaban J connectivity index is 1.37. The third kappa shape index (κ3) is 5.68. The van der Waals surface area contributed by atoms with Gasteiger partial charge >= 0.3 is 0 Å². The van der Waals surface area contributed by atoms with Gasteiger partial charge in [0.05, 0.1) is 21.2 Å². The van der Waals surface area contributed by atoms with Gasteiger partial charge in [-0.15, -0.1) is 0 Å². The maximum absolute atomic E-state index is 13.5. The molecule has 1 aliphatic rings. The van der Waals surface area contributed by atoms with Crippen molar-refractivity contribution in [3.05, 3.63) is 116 Å². The number of nitrogens with one attached hydrogen (secondary N) is 1. The van der Waals surface area contributed by atoms with Crippen molar-refractivity contribution in [3.63, 3.8) is 0 Å². The lowest BCUT2D eigenvalue weighted by atomic mass is 9.99. The monoisotopic (exact) mass is 630 g/mol. The molecule has 10 heteroatoms. The number of hydrogen-bond acceptors (Lipinski definition) is 4. The topological polar surface area (TPSA) is 75.7 Å². The van der Waals surface area contributed by atoms with Gasteiger partial charge in [0.15, 0.2) is 0 Å². The summed E-state index contributed by atoms with van der Waals surface area (Å²) >= 11 is 15.9. The first-order chi connectivity index (χ1) is 18.2. The molecule has 0 radical (unpaired) electrons. The Hall–Kier alpha value is -3.04. The van der Waals surface area contributed by atoms with Gasteiger partial charge in [-0.25, -0.2) is 8.42 Å². The van der Waals surface area contributed by atoms with E-state index in [4.69, 9.17) is 27.9 Å². The highest BCUT2D eigenvalue weighted by atomic mass is 79.9. The molecule has 0 unspecified atom stereocenters. The third-order valence-electron chi connectivity index (χ3n) is 6.15. The Bertz CT molecular complexity index is 1630. The van der Waals surface area contributed by atoms with Crippen LogP contribution in [0, 0.1) is 0 Å². The van der Waals surface area contributed by atoms with Crippen LogP contribution in [0.3, 0.4) is 0 Å². The van der Waals surface area contributed by atoms with Crippen molar-refractivity contribution in [1.82, 2.24) is 4.90 Å². The van der Waals surface area contributed by atoms with Crippen LogP contribution in [-0.4, -0.2) is 25.8 Å². The van der Waals surface area contributed by atoms with Crippen LogP contribution in [0.5, 0.6) is 11.5 Å². The van der Waals surface area contributed by atoms with Gasteiger partial charge in [-0.1, -0.05) is 63.4 Å². The summed E-state index contributed by atoms with van der Waals surface area (Å²) in [5, 5.41) is 0.771. The molecule has 0 aromatic heterocycles. The van der Waals surface area contributed by atoms with E-state index in [0.717, 1.165) is 10.0 Å². The molecule has 0 fully saturated rings. The highest BCUT2D eigenvalue weighted by Crippen LogP contribution is 2.32. The summed E-state index contributed by atoms with van der Waals surface area (Å²) in [5.74, 6) is 0.579. The van der Waals surface area contributed by atoms with E-state index in [-0.39, 0.29) is 22.1 Å². The number of anilines is 1. The van der Waals surface area contributed by atoms with Crippen LogP contribution in [0.25, 0.3) is 0 Å². The molecule has 6 nitrogen and oxygen atoms in total. The van der Waals surface area contributed by atoms with Crippen molar-refractivity contribution >= 4 is 60.7 Å². The lowest BCUT2D eigenvalue weighted by Crippen LogP contribution is -2.36. The Kier molecular flexibility index (Phi) is 7.68. The number of halogens is 3. The summed E-state index contributed by atoms with van der Waals surface area (Å²) in [4.78, 5) is 15.2. The number of nitrogens with zero attached hydrogens (tertiary/aromatic N) is 1. The Labute approximate surface area is 239 Å². The van der Waals surface area contributed by atoms with Gasteiger partial charge < -0.3 is 9.64 Å². The molecule has 0 saturated carbocycles. The van der Waals surface area contributed by atoms with Crippen LogP contribution in [0.15, 0.2) is 94.3 Å². The predicted molar refractivity (Wildman–Crippen MR) is 153 cm³/mol. The van der Waals surface area contributed by atoms with Crippen molar-refractivity contribution in [2.75, 3.05) is 11.3 Å². The molecule has 1 N–H and O–H groups in total. The maximum Gasteiger partial charge on any atom is 0.261 e. The average molecular weight is 632 g/mol. The normalized spacial score (nSPS) is 13.1. The first-order valence-corrected chi connectivity index (χ1v) is 14.6. The van der Waals surface area contributed by atoms with Crippen LogP contribution in [0.1, 0.15) is 21.5 Å². The summed E-state index contributed by atoms with van der Waals surface area (Å²) < 4.78 is 35.8. The van der Waals surface area contributed by atoms with Crippen molar-refractivity contribution in [1.29, 1.82) is 0 Å². The second-order valence-electron chi connectivity index (χ2n) is 8.65. The van der Waals surface area contributed by atoms with E-state index in [2.05, 4.69) is 20.7 Å². The number of para-hydroxylation sites is 1. The van der Waals surface area contributed by atoms with Crippen LogP contribution in [0.2, 0.25) is 10.0 Å². The zero-order valence-electron chi connectivity index (χ0n) is 19.8. The van der Waals surface area contributed by atoms with Crippen LogP contribution < -0.4 is 9.46 Å². The minimum absolute atomic E-state index is 0.00843. The highest BCUT2D eigenvalue weighted by Gasteiger charge is 2.26. The summed E-state index contributed by atoms with van der Waals surface area (Å²) in [7, 11) is -4.02. The molecule has 4 aromatic rings. The van der Waals surface area contributed by atoms with E-state index in [1.165, 1.54) is 42.0 Å². The van der Waals surface area contributed by atoms with Crippen molar-refractivity contribution in [2.24, 2.45) is 0 Å². The van der Waals surface area contributed by atoms with E-state index in [1.807, 2.05) is 18.2 Å². The number of fused-ring (bicyclic) bond motifs is 1.